The molecule has 0 bridgehead atoms. The molecule has 29 heavy (non-hydrogen) atoms. The zero-order chi connectivity index (χ0) is 20.6. The average Bonchev–Trinajstić information content (AvgIpc) is 3.18. The number of rotatable bonds is 4. The van der Waals surface area contributed by atoms with E-state index in [1.165, 1.54) is 22.5 Å². The quantitative estimate of drug-likeness (QED) is 0.639. The molecule has 2 aromatic carbocycles. The minimum atomic E-state index is -4.01. The molecule has 2 heterocycles. The molecule has 0 N–H and O–H groups in total. The highest BCUT2D eigenvalue weighted by Gasteiger charge is 2.32. The van der Waals surface area contributed by atoms with Gasteiger partial charge in [0.25, 0.3) is 5.89 Å². The Labute approximate surface area is 165 Å². The van der Waals surface area contributed by atoms with Crippen LogP contribution in [-0.4, -0.2) is 36.0 Å². The molecule has 0 unspecified atom stereocenters. The molecule has 4 rings (SSSR count). The van der Waals surface area contributed by atoms with Crippen LogP contribution in [0.25, 0.3) is 11.5 Å². The van der Waals surface area contributed by atoms with E-state index in [2.05, 4.69) is 10.1 Å². The Morgan fingerprint density at radius 1 is 0.966 bits per heavy atom. The van der Waals surface area contributed by atoms with E-state index in [1.807, 2.05) is 0 Å². The van der Waals surface area contributed by atoms with E-state index in [-0.39, 0.29) is 24.9 Å². The normalized spacial score (nSPS) is 16.2. The molecule has 6 nitrogen and oxygen atoms in total. The first kappa shape index (κ1) is 19.6. The standard InChI is InChI=1S/C19H16F3N3O3S/c20-14-3-1-2-13(8-14)19-23-18(24-28-19)12-4-6-25(7-5-12)29(26,27)17-10-15(21)9-16(22)11-17/h1-3,8-12H,4-7H2. The second kappa shape index (κ2) is 7.60. The first-order valence-corrected chi connectivity index (χ1v) is 10.3. The Bertz CT molecular complexity index is 1120. The van der Waals surface area contributed by atoms with E-state index in [9.17, 15) is 21.6 Å². The molecule has 0 radical (unpaired) electrons. The van der Waals surface area contributed by atoms with Crippen LogP contribution >= 0.6 is 0 Å². The van der Waals surface area contributed by atoms with Crippen LogP contribution in [0, 0.1) is 17.5 Å². The van der Waals surface area contributed by atoms with E-state index >= 15 is 0 Å². The number of piperidine rings is 1. The third kappa shape index (κ3) is 4.03. The lowest BCUT2D eigenvalue weighted by Crippen LogP contribution is -2.38. The van der Waals surface area contributed by atoms with Crippen LogP contribution < -0.4 is 0 Å². The van der Waals surface area contributed by atoms with Gasteiger partial charge in [0.15, 0.2) is 5.82 Å². The van der Waals surface area contributed by atoms with Crippen molar-refractivity contribution in [2.45, 2.75) is 23.7 Å². The Morgan fingerprint density at radius 3 is 2.31 bits per heavy atom. The molecule has 1 fully saturated rings. The third-order valence-electron chi connectivity index (χ3n) is 4.81. The topological polar surface area (TPSA) is 76.3 Å². The van der Waals surface area contributed by atoms with Crippen molar-refractivity contribution in [3.8, 4) is 11.5 Å². The maximum Gasteiger partial charge on any atom is 0.258 e. The maximum absolute atomic E-state index is 13.4. The number of sulfonamides is 1. The Kier molecular flexibility index (Phi) is 5.13. The minimum absolute atomic E-state index is 0.142. The van der Waals surface area contributed by atoms with Gasteiger partial charge in [-0.05, 0) is 43.2 Å². The molecule has 0 saturated carbocycles. The van der Waals surface area contributed by atoms with Crippen LogP contribution in [0.4, 0.5) is 13.2 Å². The molecule has 0 atom stereocenters. The molecular formula is C19H16F3N3O3S. The average molecular weight is 423 g/mol. The number of aromatic nitrogens is 2. The summed E-state index contributed by atoms with van der Waals surface area (Å²) in [5.74, 6) is -1.86. The molecule has 1 aliphatic rings. The van der Waals surface area contributed by atoms with Crippen molar-refractivity contribution in [3.05, 3.63) is 65.7 Å². The summed E-state index contributed by atoms with van der Waals surface area (Å²) in [6.07, 6.45) is 0.832. The first-order chi connectivity index (χ1) is 13.8. The predicted molar refractivity (Wildman–Crippen MR) is 96.8 cm³/mol. The number of benzene rings is 2. The van der Waals surface area contributed by atoms with Gasteiger partial charge in [-0.25, -0.2) is 21.6 Å². The summed E-state index contributed by atoms with van der Waals surface area (Å²) < 4.78 is 71.9. The molecule has 1 saturated heterocycles. The third-order valence-corrected chi connectivity index (χ3v) is 6.68. The van der Waals surface area contributed by atoms with Gasteiger partial charge in [0.2, 0.25) is 10.0 Å². The summed E-state index contributed by atoms with van der Waals surface area (Å²) in [7, 11) is -4.01. The van der Waals surface area contributed by atoms with Gasteiger partial charge < -0.3 is 4.52 Å². The fraction of sp³-hybridized carbons (Fsp3) is 0.263. The van der Waals surface area contributed by atoms with Crippen LogP contribution in [0.5, 0.6) is 0 Å². The minimum Gasteiger partial charge on any atom is -0.334 e. The Hall–Kier alpha value is -2.72. The second-order valence-electron chi connectivity index (χ2n) is 6.75. The van der Waals surface area contributed by atoms with Crippen molar-refractivity contribution in [2.24, 2.45) is 0 Å². The summed E-state index contributed by atoms with van der Waals surface area (Å²) in [4.78, 5) is 3.89. The molecule has 0 spiro atoms. The van der Waals surface area contributed by atoms with Gasteiger partial charge in [-0.15, -0.1) is 0 Å². The molecule has 10 heteroatoms. The summed E-state index contributed by atoms with van der Waals surface area (Å²) in [5.41, 5.74) is 0.455. The molecule has 3 aromatic rings. The molecule has 0 aliphatic carbocycles. The Morgan fingerprint density at radius 2 is 1.66 bits per heavy atom. The van der Waals surface area contributed by atoms with Crippen LogP contribution in [0.3, 0.4) is 0 Å². The van der Waals surface area contributed by atoms with Gasteiger partial charge in [0.05, 0.1) is 4.90 Å². The van der Waals surface area contributed by atoms with Gasteiger partial charge >= 0.3 is 0 Å². The summed E-state index contributed by atoms with van der Waals surface area (Å²) >= 11 is 0. The SMILES string of the molecule is O=S(=O)(c1cc(F)cc(F)c1)N1CCC(c2noc(-c3cccc(F)c3)n2)CC1. The molecule has 1 aromatic heterocycles. The zero-order valence-electron chi connectivity index (χ0n) is 15.1. The van der Waals surface area contributed by atoms with Crippen molar-refractivity contribution in [1.29, 1.82) is 0 Å². The van der Waals surface area contributed by atoms with Crippen molar-refractivity contribution in [1.82, 2.24) is 14.4 Å². The lowest BCUT2D eigenvalue weighted by Gasteiger charge is -2.29. The first-order valence-electron chi connectivity index (χ1n) is 8.89. The van der Waals surface area contributed by atoms with E-state index in [4.69, 9.17) is 4.52 Å². The monoisotopic (exact) mass is 423 g/mol. The number of hydrogen-bond acceptors (Lipinski definition) is 5. The largest absolute Gasteiger partial charge is 0.334 e. The van der Waals surface area contributed by atoms with Gasteiger partial charge in [-0.1, -0.05) is 11.2 Å². The maximum atomic E-state index is 13.4. The smallest absolute Gasteiger partial charge is 0.258 e. The zero-order valence-corrected chi connectivity index (χ0v) is 15.9. The predicted octanol–water partition coefficient (Wildman–Crippen LogP) is 3.72. The molecule has 1 aliphatic heterocycles. The van der Waals surface area contributed by atoms with Crippen LogP contribution in [0.2, 0.25) is 0 Å². The van der Waals surface area contributed by atoms with Crippen molar-refractivity contribution in [2.75, 3.05) is 13.1 Å². The van der Waals surface area contributed by atoms with E-state index < -0.39 is 32.4 Å². The van der Waals surface area contributed by atoms with E-state index in [1.54, 1.807) is 6.07 Å². The fourth-order valence-corrected chi connectivity index (χ4v) is 4.83. The van der Waals surface area contributed by atoms with Gasteiger partial charge in [-0.3, -0.25) is 0 Å². The lowest BCUT2D eigenvalue weighted by atomic mass is 9.97. The van der Waals surface area contributed by atoms with Crippen molar-refractivity contribution < 1.29 is 26.1 Å². The van der Waals surface area contributed by atoms with Crippen LogP contribution in [0.15, 0.2) is 51.9 Å². The molecule has 0 amide bonds. The van der Waals surface area contributed by atoms with Gasteiger partial charge in [-0.2, -0.15) is 9.29 Å². The number of hydrogen-bond donors (Lipinski definition) is 0. The van der Waals surface area contributed by atoms with Crippen LogP contribution in [-0.2, 0) is 10.0 Å². The van der Waals surface area contributed by atoms with Gasteiger partial charge in [0.1, 0.15) is 17.5 Å². The van der Waals surface area contributed by atoms with Gasteiger partial charge in [0, 0.05) is 30.6 Å². The summed E-state index contributed by atoms with van der Waals surface area (Å²) in [6.45, 7) is 0.296. The second-order valence-corrected chi connectivity index (χ2v) is 8.69. The van der Waals surface area contributed by atoms with Crippen molar-refractivity contribution >= 4 is 10.0 Å². The molecule has 152 valence electrons. The van der Waals surface area contributed by atoms with Crippen LogP contribution in [0.1, 0.15) is 24.6 Å². The summed E-state index contributed by atoms with van der Waals surface area (Å²) in [6, 6.07) is 7.99. The van der Waals surface area contributed by atoms with E-state index in [0.717, 1.165) is 12.1 Å². The highest BCUT2D eigenvalue weighted by molar-refractivity contribution is 7.89. The molecular weight excluding hydrogens is 407 g/mol. The highest BCUT2D eigenvalue weighted by atomic mass is 32.2. The lowest BCUT2D eigenvalue weighted by molar-refractivity contribution is 0.307. The summed E-state index contributed by atoms with van der Waals surface area (Å²) in [5, 5.41) is 3.94. The fourth-order valence-electron chi connectivity index (χ4n) is 3.32. The Balaban J connectivity index is 1.47. The number of nitrogens with zero attached hydrogens (tertiary/aromatic N) is 3. The van der Waals surface area contributed by atoms with Crippen molar-refractivity contribution in [3.63, 3.8) is 0 Å². The number of halogens is 3. The van der Waals surface area contributed by atoms with E-state index in [0.29, 0.717) is 30.3 Å². The highest BCUT2D eigenvalue weighted by Crippen LogP contribution is 2.31.